The van der Waals surface area contributed by atoms with Gasteiger partial charge >= 0.3 is 12.1 Å². The van der Waals surface area contributed by atoms with Crippen molar-refractivity contribution in [3.8, 4) is 11.5 Å². The Kier molecular flexibility index (Phi) is 4.69. The molecule has 1 aliphatic heterocycles. The molecule has 0 spiro atoms. The first kappa shape index (κ1) is 18.7. The van der Waals surface area contributed by atoms with E-state index in [2.05, 4.69) is 0 Å². The van der Waals surface area contributed by atoms with Gasteiger partial charge in [-0.1, -0.05) is 12.1 Å². The SMILES string of the molecule is COC(=O)CC1COc2cc(O[C@@H]3CCc4cc(C(F)(F)F)ccc43)ccc21. The van der Waals surface area contributed by atoms with Gasteiger partial charge in [0.2, 0.25) is 0 Å². The van der Waals surface area contributed by atoms with Crippen LogP contribution in [-0.4, -0.2) is 19.7 Å². The highest BCUT2D eigenvalue weighted by Gasteiger charge is 2.34. The van der Waals surface area contributed by atoms with Gasteiger partial charge < -0.3 is 14.2 Å². The number of aryl methyl sites for hydroxylation is 1. The number of benzene rings is 2. The number of alkyl halides is 3. The van der Waals surface area contributed by atoms with Crippen LogP contribution in [0.15, 0.2) is 36.4 Å². The van der Waals surface area contributed by atoms with Crippen LogP contribution < -0.4 is 9.47 Å². The van der Waals surface area contributed by atoms with Crippen LogP contribution in [0.4, 0.5) is 13.2 Å². The van der Waals surface area contributed by atoms with E-state index in [4.69, 9.17) is 14.2 Å². The number of rotatable bonds is 4. The predicted octanol–water partition coefficient (Wildman–Crippen LogP) is 4.81. The lowest BCUT2D eigenvalue weighted by molar-refractivity contribution is -0.141. The van der Waals surface area contributed by atoms with E-state index >= 15 is 0 Å². The van der Waals surface area contributed by atoms with Gasteiger partial charge in [-0.3, -0.25) is 4.79 Å². The van der Waals surface area contributed by atoms with Crippen molar-refractivity contribution in [1.29, 1.82) is 0 Å². The Hall–Kier alpha value is -2.70. The molecule has 2 atom stereocenters. The van der Waals surface area contributed by atoms with Crippen molar-refractivity contribution in [2.24, 2.45) is 0 Å². The van der Waals surface area contributed by atoms with Crippen LogP contribution in [0.2, 0.25) is 0 Å². The van der Waals surface area contributed by atoms with E-state index in [-0.39, 0.29) is 24.4 Å². The molecule has 2 aromatic carbocycles. The number of carbonyl (C=O) groups excluding carboxylic acids is 1. The standard InChI is InChI=1S/C21H19F3O4/c1-26-20(25)9-13-11-27-19-10-15(4-6-17(13)19)28-18-7-2-12-8-14(21(22,23)24)3-5-16(12)18/h3-6,8,10,13,18H,2,7,9,11H2,1H3/t13?,18-/m1/s1. The predicted molar refractivity (Wildman–Crippen MR) is 94.4 cm³/mol. The second-order valence-corrected chi connectivity index (χ2v) is 7.04. The van der Waals surface area contributed by atoms with Crippen LogP contribution in [0.5, 0.6) is 11.5 Å². The van der Waals surface area contributed by atoms with Gasteiger partial charge in [-0.2, -0.15) is 13.2 Å². The van der Waals surface area contributed by atoms with Crippen molar-refractivity contribution in [3.05, 3.63) is 58.7 Å². The molecule has 4 nitrogen and oxygen atoms in total. The number of ether oxygens (including phenoxy) is 3. The number of carbonyl (C=O) groups is 1. The number of hydrogen-bond donors (Lipinski definition) is 0. The van der Waals surface area contributed by atoms with Crippen molar-refractivity contribution >= 4 is 5.97 Å². The fourth-order valence-corrected chi connectivity index (χ4v) is 3.83. The van der Waals surface area contributed by atoms with Gasteiger partial charge in [-0.25, -0.2) is 0 Å². The lowest BCUT2D eigenvalue weighted by Crippen LogP contribution is -2.09. The van der Waals surface area contributed by atoms with Gasteiger partial charge in [-0.15, -0.1) is 0 Å². The molecule has 0 bridgehead atoms. The van der Waals surface area contributed by atoms with Crippen molar-refractivity contribution in [1.82, 2.24) is 0 Å². The van der Waals surface area contributed by atoms with Crippen LogP contribution in [-0.2, 0) is 22.1 Å². The summed E-state index contributed by atoms with van der Waals surface area (Å²) in [5.41, 5.74) is 1.77. The summed E-state index contributed by atoms with van der Waals surface area (Å²) in [6.45, 7) is 0.403. The molecule has 1 unspecified atom stereocenters. The zero-order valence-electron chi connectivity index (χ0n) is 15.2. The first-order valence-corrected chi connectivity index (χ1v) is 9.05. The molecule has 2 aliphatic rings. The number of halogens is 3. The maximum atomic E-state index is 12.9. The minimum Gasteiger partial charge on any atom is -0.492 e. The number of fused-ring (bicyclic) bond motifs is 2. The lowest BCUT2D eigenvalue weighted by atomic mass is 9.98. The van der Waals surface area contributed by atoms with Crippen molar-refractivity contribution in [2.75, 3.05) is 13.7 Å². The van der Waals surface area contributed by atoms with Gasteiger partial charge in [0, 0.05) is 17.5 Å². The number of esters is 1. The molecule has 0 fully saturated rings. The molecule has 2 aromatic rings. The minimum absolute atomic E-state index is 0.0514. The van der Waals surface area contributed by atoms with E-state index < -0.39 is 11.7 Å². The second-order valence-electron chi connectivity index (χ2n) is 7.04. The maximum absolute atomic E-state index is 12.9. The Morgan fingerprint density at radius 3 is 2.71 bits per heavy atom. The summed E-state index contributed by atoms with van der Waals surface area (Å²) in [5, 5.41) is 0. The van der Waals surface area contributed by atoms with Crippen LogP contribution in [0.3, 0.4) is 0 Å². The molecule has 1 heterocycles. The highest BCUT2D eigenvalue weighted by Crippen LogP contribution is 2.42. The third-order valence-electron chi connectivity index (χ3n) is 5.28. The van der Waals surface area contributed by atoms with Gasteiger partial charge in [0.1, 0.15) is 17.6 Å². The first-order chi connectivity index (χ1) is 13.3. The smallest absolute Gasteiger partial charge is 0.416 e. The van der Waals surface area contributed by atoms with E-state index in [9.17, 15) is 18.0 Å². The second kappa shape index (κ2) is 7.04. The van der Waals surface area contributed by atoms with Crippen LogP contribution in [0, 0.1) is 0 Å². The van der Waals surface area contributed by atoms with E-state index in [1.807, 2.05) is 6.07 Å². The van der Waals surface area contributed by atoms with Gasteiger partial charge in [0.05, 0.1) is 25.7 Å². The number of methoxy groups -OCH3 is 1. The summed E-state index contributed by atoms with van der Waals surface area (Å²) in [5.74, 6) is 0.916. The molecule has 0 saturated heterocycles. The van der Waals surface area contributed by atoms with E-state index in [1.54, 1.807) is 12.1 Å². The third kappa shape index (κ3) is 3.53. The molecule has 0 radical (unpaired) electrons. The third-order valence-corrected chi connectivity index (χ3v) is 5.28. The Balaban J connectivity index is 1.49. The normalized spacial score (nSPS) is 20.3. The zero-order chi connectivity index (χ0) is 19.9. The molecule has 0 saturated carbocycles. The molecule has 7 heteroatoms. The van der Waals surface area contributed by atoms with E-state index in [0.717, 1.165) is 17.2 Å². The Bertz CT molecular complexity index is 907. The van der Waals surface area contributed by atoms with Crippen LogP contribution in [0.25, 0.3) is 0 Å². The van der Waals surface area contributed by atoms with Gasteiger partial charge in [0.25, 0.3) is 0 Å². The highest BCUT2D eigenvalue weighted by atomic mass is 19.4. The highest BCUT2D eigenvalue weighted by molar-refractivity contribution is 5.71. The summed E-state index contributed by atoms with van der Waals surface area (Å²) < 4.78 is 55.1. The Morgan fingerprint density at radius 2 is 1.96 bits per heavy atom. The summed E-state index contributed by atoms with van der Waals surface area (Å²) in [7, 11) is 1.35. The first-order valence-electron chi connectivity index (χ1n) is 9.05. The topological polar surface area (TPSA) is 44.8 Å². The van der Waals surface area contributed by atoms with Gasteiger partial charge in [0.15, 0.2) is 0 Å². The summed E-state index contributed by atoms with van der Waals surface area (Å²) in [4.78, 5) is 11.5. The van der Waals surface area contributed by atoms with Gasteiger partial charge in [-0.05, 0) is 42.2 Å². The quantitative estimate of drug-likeness (QED) is 0.701. The molecule has 148 valence electrons. The number of hydrogen-bond acceptors (Lipinski definition) is 4. The van der Waals surface area contributed by atoms with Crippen LogP contribution >= 0.6 is 0 Å². The molecular formula is C21H19F3O4. The zero-order valence-corrected chi connectivity index (χ0v) is 15.2. The minimum atomic E-state index is -4.34. The molecule has 0 N–H and O–H groups in total. The molecule has 4 rings (SSSR count). The van der Waals surface area contributed by atoms with E-state index in [0.29, 0.717) is 36.5 Å². The fourth-order valence-electron chi connectivity index (χ4n) is 3.83. The summed E-state index contributed by atoms with van der Waals surface area (Å²) >= 11 is 0. The average molecular weight is 392 g/mol. The lowest BCUT2D eigenvalue weighted by Gasteiger charge is -2.16. The molecule has 0 amide bonds. The van der Waals surface area contributed by atoms with Crippen LogP contribution in [0.1, 0.15) is 47.1 Å². The fraction of sp³-hybridized carbons (Fsp3) is 0.381. The Morgan fingerprint density at radius 1 is 1.18 bits per heavy atom. The monoisotopic (exact) mass is 392 g/mol. The van der Waals surface area contributed by atoms with E-state index in [1.165, 1.54) is 19.2 Å². The van der Waals surface area contributed by atoms with Crippen molar-refractivity contribution < 1.29 is 32.2 Å². The van der Waals surface area contributed by atoms with Crippen molar-refractivity contribution in [2.45, 2.75) is 37.5 Å². The Labute approximate surface area is 160 Å². The molecule has 28 heavy (non-hydrogen) atoms. The molecule has 0 aromatic heterocycles. The summed E-state index contributed by atoms with van der Waals surface area (Å²) in [6, 6.07) is 9.26. The average Bonchev–Trinajstić information content (AvgIpc) is 3.24. The maximum Gasteiger partial charge on any atom is 0.416 e. The molecule has 1 aliphatic carbocycles. The summed E-state index contributed by atoms with van der Waals surface area (Å²) in [6.07, 6.45) is -3.21. The van der Waals surface area contributed by atoms with Crippen molar-refractivity contribution in [3.63, 3.8) is 0 Å². The molecular weight excluding hydrogens is 373 g/mol. The largest absolute Gasteiger partial charge is 0.492 e.